The third kappa shape index (κ3) is 55.9. The summed E-state index contributed by atoms with van der Waals surface area (Å²) < 4.78 is 30.3. The number of quaternary nitrogens is 1. The zero-order chi connectivity index (χ0) is 55.7. The zero-order valence-electron chi connectivity index (χ0n) is 50.2. The van der Waals surface area contributed by atoms with Crippen LogP contribution in [0.1, 0.15) is 271 Å². The Bertz CT molecular complexity index is 1580. The molecule has 10 heteroatoms. The van der Waals surface area contributed by atoms with Gasteiger partial charge in [0.25, 0.3) is 7.82 Å². The van der Waals surface area contributed by atoms with Gasteiger partial charge in [-0.05, 0) is 89.5 Å². The maximum atomic E-state index is 13.5. The van der Waals surface area contributed by atoms with E-state index in [1.165, 1.54) is 141 Å². The van der Waals surface area contributed by atoms with Gasteiger partial charge in [0, 0.05) is 12.8 Å². The van der Waals surface area contributed by atoms with Crippen LogP contribution in [0.2, 0.25) is 0 Å². The quantitative estimate of drug-likeness (QED) is 0.0161. The third-order valence-electron chi connectivity index (χ3n) is 13.6. The van der Waals surface area contributed by atoms with Crippen LogP contribution in [0.15, 0.2) is 85.1 Å². The van der Waals surface area contributed by atoms with Gasteiger partial charge in [-0.2, -0.15) is 0 Å². The molecule has 3 unspecified atom stereocenters. The van der Waals surface area contributed by atoms with Gasteiger partial charge in [0.1, 0.15) is 19.3 Å². The molecule has 0 aromatic heterocycles. The standard InChI is InChI=1S/C66H119N2O7P/c1-7-10-13-16-19-22-25-28-29-30-31-32-33-34-35-36-37-38-39-41-44-47-50-53-56-59-66(70)75-64(57-54-51-48-45-42-27-24-21-18-15-12-9-3)63(62-74-76(71,72)73-61-60-68(4,5)6)67-65(69)58-55-52-49-46-43-40-26-23-20-17-14-11-8-2/h11,14,17,19-20,22-23,26,28-29,31-32,54,57,63-64H,7-10,12-13,15-16,18,21,24-25,27,30,33-53,55-56,58-62H2,1-6H3,(H-,67,69,71,72)/b14-11+,20-17+,22-19-,26-23-,29-28-,32-31-,57-54-. The largest absolute Gasteiger partial charge is 0.756 e. The minimum atomic E-state index is -4.71. The number of carbonyl (C=O) groups is 2. The van der Waals surface area contributed by atoms with Crippen LogP contribution in [0.4, 0.5) is 0 Å². The van der Waals surface area contributed by atoms with Gasteiger partial charge in [-0.3, -0.25) is 14.2 Å². The number of carbonyl (C=O) groups excluding carboxylic acids is 2. The summed E-state index contributed by atoms with van der Waals surface area (Å²) in [5.41, 5.74) is 0. The number of nitrogens with one attached hydrogen (secondary N) is 1. The number of unbranched alkanes of at least 4 members (excludes halogenated alkanes) is 30. The maximum absolute atomic E-state index is 13.5. The highest BCUT2D eigenvalue weighted by Gasteiger charge is 2.27. The Balaban J connectivity index is 5.13. The minimum absolute atomic E-state index is 0.0298. The van der Waals surface area contributed by atoms with Crippen LogP contribution in [0.3, 0.4) is 0 Å². The smallest absolute Gasteiger partial charge is 0.306 e. The normalized spacial score (nSPS) is 14.2. The average Bonchev–Trinajstić information content (AvgIpc) is 3.38. The van der Waals surface area contributed by atoms with Crippen molar-refractivity contribution in [3.8, 4) is 0 Å². The second-order valence-corrected chi connectivity index (χ2v) is 23.6. The number of nitrogens with zero attached hydrogens (tertiary/aromatic N) is 1. The van der Waals surface area contributed by atoms with Gasteiger partial charge in [-0.15, -0.1) is 0 Å². The number of phosphoric ester groups is 1. The van der Waals surface area contributed by atoms with Crippen molar-refractivity contribution in [1.82, 2.24) is 5.32 Å². The fourth-order valence-electron chi connectivity index (χ4n) is 8.76. The number of esters is 1. The van der Waals surface area contributed by atoms with E-state index in [0.29, 0.717) is 23.9 Å². The topological polar surface area (TPSA) is 114 Å². The van der Waals surface area contributed by atoms with E-state index in [1.54, 1.807) is 0 Å². The summed E-state index contributed by atoms with van der Waals surface area (Å²) in [5, 5.41) is 3.01. The van der Waals surface area contributed by atoms with Crippen molar-refractivity contribution in [2.45, 2.75) is 283 Å². The molecule has 0 rings (SSSR count). The van der Waals surface area contributed by atoms with E-state index in [0.717, 1.165) is 89.9 Å². The van der Waals surface area contributed by atoms with Gasteiger partial charge in [0.2, 0.25) is 5.91 Å². The van der Waals surface area contributed by atoms with Gasteiger partial charge in [0.15, 0.2) is 0 Å². The van der Waals surface area contributed by atoms with E-state index in [2.05, 4.69) is 92.9 Å². The predicted molar refractivity (Wildman–Crippen MR) is 325 cm³/mol. The van der Waals surface area contributed by atoms with Crippen LogP contribution >= 0.6 is 7.82 Å². The molecule has 0 fully saturated rings. The lowest BCUT2D eigenvalue weighted by molar-refractivity contribution is -0.870. The molecule has 0 aliphatic rings. The lowest BCUT2D eigenvalue weighted by Gasteiger charge is -2.30. The molecule has 9 nitrogen and oxygen atoms in total. The van der Waals surface area contributed by atoms with Gasteiger partial charge < -0.3 is 28.5 Å². The van der Waals surface area contributed by atoms with Crippen LogP contribution in [-0.4, -0.2) is 69.4 Å². The Labute approximate surface area is 469 Å². The fourth-order valence-corrected chi connectivity index (χ4v) is 9.49. The molecule has 0 bridgehead atoms. The maximum Gasteiger partial charge on any atom is 0.306 e. The molecule has 0 aromatic carbocycles. The van der Waals surface area contributed by atoms with Crippen molar-refractivity contribution in [3.05, 3.63) is 85.1 Å². The number of hydrogen-bond acceptors (Lipinski definition) is 7. The monoisotopic (exact) mass is 1080 g/mol. The van der Waals surface area contributed by atoms with Gasteiger partial charge >= 0.3 is 5.97 Å². The Morgan fingerprint density at radius 2 is 0.895 bits per heavy atom. The number of phosphoric acid groups is 1. The highest BCUT2D eigenvalue weighted by molar-refractivity contribution is 7.45. The van der Waals surface area contributed by atoms with E-state index >= 15 is 0 Å². The lowest BCUT2D eigenvalue weighted by Crippen LogP contribution is -2.47. The van der Waals surface area contributed by atoms with Gasteiger partial charge in [0.05, 0.1) is 33.8 Å². The van der Waals surface area contributed by atoms with Crippen LogP contribution in [0, 0.1) is 0 Å². The first-order valence-electron chi connectivity index (χ1n) is 31.4. The Morgan fingerprint density at radius 1 is 0.487 bits per heavy atom. The first-order chi connectivity index (χ1) is 36.9. The summed E-state index contributed by atoms with van der Waals surface area (Å²) in [6.07, 6.45) is 72.7. The molecule has 3 atom stereocenters. The molecule has 0 aliphatic heterocycles. The van der Waals surface area contributed by atoms with E-state index < -0.39 is 26.6 Å². The van der Waals surface area contributed by atoms with Crippen molar-refractivity contribution in [2.24, 2.45) is 0 Å². The number of likely N-dealkylation sites (N-methyl/N-ethyl adjacent to an activating group) is 1. The van der Waals surface area contributed by atoms with Crippen molar-refractivity contribution in [1.29, 1.82) is 0 Å². The highest BCUT2D eigenvalue weighted by atomic mass is 31.2. The summed E-state index contributed by atoms with van der Waals surface area (Å²) in [4.78, 5) is 39.9. The number of allylic oxidation sites excluding steroid dienone is 13. The molecule has 1 N–H and O–H groups in total. The molecule has 0 spiro atoms. The molecular formula is C66H119N2O7P. The average molecular weight is 1080 g/mol. The van der Waals surface area contributed by atoms with Crippen LogP contribution in [0.5, 0.6) is 0 Å². The summed E-state index contributed by atoms with van der Waals surface area (Å²) >= 11 is 0. The van der Waals surface area contributed by atoms with Gasteiger partial charge in [-0.25, -0.2) is 0 Å². The van der Waals surface area contributed by atoms with E-state index in [9.17, 15) is 19.0 Å². The van der Waals surface area contributed by atoms with Crippen molar-refractivity contribution in [2.75, 3.05) is 40.9 Å². The molecule has 0 aliphatic carbocycles. The molecule has 76 heavy (non-hydrogen) atoms. The summed E-state index contributed by atoms with van der Waals surface area (Å²) in [7, 11) is 1.16. The number of rotatable bonds is 56. The lowest BCUT2D eigenvalue weighted by atomic mass is 10.0. The van der Waals surface area contributed by atoms with Gasteiger partial charge in [-0.1, -0.05) is 254 Å². The molecule has 440 valence electrons. The number of ether oxygens (including phenoxy) is 1. The second-order valence-electron chi connectivity index (χ2n) is 22.2. The molecule has 1 amide bonds. The summed E-state index contributed by atoms with van der Waals surface area (Å²) in [5.74, 6) is -0.567. The summed E-state index contributed by atoms with van der Waals surface area (Å²) in [6.45, 7) is 6.66. The third-order valence-corrected chi connectivity index (χ3v) is 14.6. The second kappa shape index (κ2) is 55.5. The van der Waals surface area contributed by atoms with E-state index in [4.69, 9.17) is 13.8 Å². The molecule has 0 radical (unpaired) electrons. The minimum Gasteiger partial charge on any atom is -0.756 e. The number of hydrogen-bond donors (Lipinski definition) is 1. The molecule has 0 aromatic rings. The van der Waals surface area contributed by atoms with Crippen LogP contribution in [-0.2, 0) is 27.9 Å². The first kappa shape index (κ1) is 73.2. The molecule has 0 saturated carbocycles. The van der Waals surface area contributed by atoms with E-state index in [-0.39, 0.29) is 24.9 Å². The highest BCUT2D eigenvalue weighted by Crippen LogP contribution is 2.38. The molecular weight excluding hydrogens is 964 g/mol. The first-order valence-corrected chi connectivity index (χ1v) is 32.9. The van der Waals surface area contributed by atoms with Crippen molar-refractivity contribution >= 4 is 19.7 Å². The van der Waals surface area contributed by atoms with Crippen molar-refractivity contribution < 1.29 is 37.3 Å². The Kier molecular flexibility index (Phi) is 53.5. The molecule has 0 saturated heterocycles. The number of amides is 1. The Hall–Kier alpha value is -2.81. The van der Waals surface area contributed by atoms with Crippen LogP contribution < -0.4 is 10.2 Å². The predicted octanol–water partition coefficient (Wildman–Crippen LogP) is 18.8. The van der Waals surface area contributed by atoms with Crippen molar-refractivity contribution in [3.63, 3.8) is 0 Å². The zero-order valence-corrected chi connectivity index (χ0v) is 51.1. The fraction of sp³-hybridized carbons (Fsp3) is 0.758. The SMILES string of the molecule is CC/C=C/C=C/C=C\CCCCCCCC(=O)NC(COP(=O)([O-])OCC[N+](C)(C)C)C(/C=C\CCCCCCCCCCCC)OC(=O)CCCCCCCCCCCCCC/C=C\C/C=C\C/C=C\CCCCC. The summed E-state index contributed by atoms with van der Waals surface area (Å²) in [6, 6.07) is -0.902. The molecule has 0 heterocycles. The van der Waals surface area contributed by atoms with E-state index in [1.807, 2.05) is 39.4 Å². The van der Waals surface area contributed by atoms with Crippen LogP contribution in [0.25, 0.3) is 0 Å². The Morgan fingerprint density at radius 3 is 1.39 bits per heavy atom.